The molecule has 62 valence electrons. The number of hydrogen-bond acceptors (Lipinski definition) is 3. The van der Waals surface area contributed by atoms with E-state index >= 15 is 0 Å². The molecule has 0 heterocycles. The van der Waals surface area contributed by atoms with Crippen LogP contribution in [-0.2, 0) is 0 Å². The Morgan fingerprint density at radius 3 is 2.82 bits per heavy atom. The Bertz CT molecular complexity index is 147. The Kier molecular flexibility index (Phi) is 3.34. The highest BCUT2D eigenvalue weighted by Crippen LogP contribution is 2.18. The number of aliphatic hydroxyl groups is 1. The van der Waals surface area contributed by atoms with E-state index in [0.717, 1.165) is 25.8 Å². The fourth-order valence-corrected chi connectivity index (χ4v) is 1.23. The van der Waals surface area contributed by atoms with Gasteiger partial charge in [0.1, 0.15) is 0 Å². The second-order valence-corrected chi connectivity index (χ2v) is 3.04. The Morgan fingerprint density at radius 2 is 2.27 bits per heavy atom. The van der Waals surface area contributed by atoms with E-state index in [0.29, 0.717) is 12.5 Å². The summed E-state index contributed by atoms with van der Waals surface area (Å²) in [7, 11) is 0. The van der Waals surface area contributed by atoms with Gasteiger partial charge in [0.05, 0.1) is 12.2 Å². The second-order valence-electron chi connectivity index (χ2n) is 3.04. The summed E-state index contributed by atoms with van der Waals surface area (Å²) in [6.07, 6.45) is 3.23. The first-order chi connectivity index (χ1) is 5.33. The highest BCUT2D eigenvalue weighted by Gasteiger charge is 2.25. The average molecular weight is 154 g/mol. The Balaban J connectivity index is 1.86. The predicted octanol–water partition coefficient (Wildman–Crippen LogP) is 0.403. The van der Waals surface area contributed by atoms with Gasteiger partial charge in [-0.1, -0.05) is 0 Å². The molecule has 1 fully saturated rings. The van der Waals surface area contributed by atoms with Gasteiger partial charge in [-0.3, -0.25) is 0 Å². The Hall–Kier alpha value is -0.590. The van der Waals surface area contributed by atoms with Crippen LogP contribution in [0, 0.1) is 11.3 Å². The Labute approximate surface area is 67.0 Å². The standard InChI is InChI=1S/C8H14N2O/c9-3-1-2-4-10-7-5-8(11)6-7/h7-8,10-11H,1-2,4-6H2. The third-order valence-electron chi connectivity index (χ3n) is 2.01. The zero-order valence-corrected chi connectivity index (χ0v) is 6.58. The number of unbranched alkanes of at least 4 members (excludes halogenated alkanes) is 1. The van der Waals surface area contributed by atoms with Crippen LogP contribution < -0.4 is 5.32 Å². The fraction of sp³-hybridized carbons (Fsp3) is 0.875. The number of hydrogen-bond donors (Lipinski definition) is 2. The lowest BCUT2D eigenvalue weighted by Gasteiger charge is -2.32. The molecular weight excluding hydrogens is 140 g/mol. The molecule has 0 saturated heterocycles. The molecule has 0 amide bonds. The molecule has 1 rings (SSSR count). The van der Waals surface area contributed by atoms with E-state index in [1.807, 2.05) is 0 Å². The second kappa shape index (κ2) is 4.32. The summed E-state index contributed by atoms with van der Waals surface area (Å²) >= 11 is 0. The molecule has 0 spiro atoms. The molecule has 2 N–H and O–H groups in total. The largest absolute Gasteiger partial charge is 0.393 e. The van der Waals surface area contributed by atoms with E-state index < -0.39 is 0 Å². The molecule has 1 aliphatic rings. The summed E-state index contributed by atoms with van der Waals surface area (Å²) in [4.78, 5) is 0. The smallest absolute Gasteiger partial charge is 0.0622 e. The van der Waals surface area contributed by atoms with Crippen molar-refractivity contribution < 1.29 is 5.11 Å². The molecule has 1 saturated carbocycles. The molecule has 0 aromatic rings. The molecule has 0 aromatic heterocycles. The van der Waals surface area contributed by atoms with Crippen LogP contribution in [0.3, 0.4) is 0 Å². The summed E-state index contributed by atoms with van der Waals surface area (Å²) in [5.74, 6) is 0. The molecular formula is C8H14N2O. The highest BCUT2D eigenvalue weighted by atomic mass is 16.3. The van der Waals surface area contributed by atoms with Gasteiger partial charge >= 0.3 is 0 Å². The van der Waals surface area contributed by atoms with Crippen molar-refractivity contribution in [3.8, 4) is 6.07 Å². The van der Waals surface area contributed by atoms with Gasteiger partial charge < -0.3 is 10.4 Å². The minimum atomic E-state index is -0.0801. The van der Waals surface area contributed by atoms with Gasteiger partial charge in [0, 0.05) is 12.5 Å². The third-order valence-corrected chi connectivity index (χ3v) is 2.01. The highest BCUT2D eigenvalue weighted by molar-refractivity contribution is 4.84. The van der Waals surface area contributed by atoms with Crippen LogP contribution >= 0.6 is 0 Å². The van der Waals surface area contributed by atoms with E-state index in [2.05, 4.69) is 11.4 Å². The van der Waals surface area contributed by atoms with Gasteiger partial charge in [0.25, 0.3) is 0 Å². The number of nitrogens with one attached hydrogen (secondary N) is 1. The molecule has 3 nitrogen and oxygen atoms in total. The Morgan fingerprint density at radius 1 is 1.55 bits per heavy atom. The maximum Gasteiger partial charge on any atom is 0.0622 e. The summed E-state index contributed by atoms with van der Waals surface area (Å²) < 4.78 is 0. The minimum absolute atomic E-state index is 0.0801. The van der Waals surface area contributed by atoms with Crippen molar-refractivity contribution in [3.05, 3.63) is 0 Å². The van der Waals surface area contributed by atoms with Gasteiger partial charge in [-0.15, -0.1) is 0 Å². The average Bonchev–Trinajstić information content (AvgIpc) is 1.94. The normalized spacial score (nSPS) is 29.1. The van der Waals surface area contributed by atoms with E-state index in [9.17, 15) is 0 Å². The van der Waals surface area contributed by atoms with Crippen molar-refractivity contribution in [2.75, 3.05) is 6.54 Å². The van der Waals surface area contributed by atoms with E-state index in [4.69, 9.17) is 10.4 Å². The van der Waals surface area contributed by atoms with Crippen molar-refractivity contribution in [1.29, 1.82) is 5.26 Å². The lowest BCUT2D eigenvalue weighted by Crippen LogP contribution is -2.44. The van der Waals surface area contributed by atoms with Crippen LogP contribution in [0.25, 0.3) is 0 Å². The molecule has 0 aromatic carbocycles. The van der Waals surface area contributed by atoms with Crippen LogP contribution in [0.15, 0.2) is 0 Å². The maximum atomic E-state index is 8.93. The zero-order chi connectivity index (χ0) is 8.10. The van der Waals surface area contributed by atoms with Crippen molar-refractivity contribution in [2.24, 2.45) is 0 Å². The van der Waals surface area contributed by atoms with Crippen molar-refractivity contribution >= 4 is 0 Å². The number of nitrogens with zero attached hydrogens (tertiary/aromatic N) is 1. The molecule has 0 aliphatic heterocycles. The van der Waals surface area contributed by atoms with Crippen LogP contribution in [0.4, 0.5) is 0 Å². The number of rotatable bonds is 4. The maximum absolute atomic E-state index is 8.93. The SMILES string of the molecule is N#CCCCNC1CC(O)C1. The topological polar surface area (TPSA) is 56.0 Å². The third kappa shape index (κ3) is 2.87. The van der Waals surface area contributed by atoms with Gasteiger partial charge in [-0.05, 0) is 25.8 Å². The number of nitriles is 1. The lowest BCUT2D eigenvalue weighted by atomic mass is 9.89. The van der Waals surface area contributed by atoms with Gasteiger partial charge in [0.15, 0.2) is 0 Å². The monoisotopic (exact) mass is 154 g/mol. The molecule has 1 aliphatic carbocycles. The molecule has 0 radical (unpaired) electrons. The van der Waals surface area contributed by atoms with E-state index in [1.54, 1.807) is 0 Å². The van der Waals surface area contributed by atoms with Gasteiger partial charge in [0.2, 0.25) is 0 Å². The van der Waals surface area contributed by atoms with E-state index in [-0.39, 0.29) is 6.10 Å². The van der Waals surface area contributed by atoms with Crippen LogP contribution in [0.2, 0.25) is 0 Å². The first-order valence-electron chi connectivity index (χ1n) is 4.11. The van der Waals surface area contributed by atoms with Crippen LogP contribution in [-0.4, -0.2) is 23.8 Å². The molecule has 11 heavy (non-hydrogen) atoms. The van der Waals surface area contributed by atoms with E-state index in [1.165, 1.54) is 0 Å². The van der Waals surface area contributed by atoms with Crippen molar-refractivity contribution in [2.45, 2.75) is 37.8 Å². The predicted molar refractivity (Wildman–Crippen MR) is 41.9 cm³/mol. The summed E-state index contributed by atoms with van der Waals surface area (Å²) in [5.41, 5.74) is 0. The van der Waals surface area contributed by atoms with Gasteiger partial charge in [-0.25, -0.2) is 0 Å². The molecule has 3 heteroatoms. The van der Waals surface area contributed by atoms with Crippen molar-refractivity contribution in [1.82, 2.24) is 5.32 Å². The summed E-state index contributed by atoms with van der Waals surface area (Å²) in [5, 5.41) is 20.4. The number of aliphatic hydroxyl groups excluding tert-OH is 1. The summed E-state index contributed by atoms with van der Waals surface area (Å²) in [6, 6.07) is 2.60. The van der Waals surface area contributed by atoms with Crippen LogP contribution in [0.1, 0.15) is 25.7 Å². The molecule has 0 atom stereocenters. The zero-order valence-electron chi connectivity index (χ0n) is 6.58. The minimum Gasteiger partial charge on any atom is -0.393 e. The first kappa shape index (κ1) is 8.51. The first-order valence-corrected chi connectivity index (χ1v) is 4.11. The quantitative estimate of drug-likeness (QED) is 0.576. The lowest BCUT2D eigenvalue weighted by molar-refractivity contribution is 0.0627. The molecule has 0 unspecified atom stereocenters. The summed E-state index contributed by atoms with van der Waals surface area (Å²) in [6.45, 7) is 0.908. The van der Waals surface area contributed by atoms with Crippen molar-refractivity contribution in [3.63, 3.8) is 0 Å². The fourth-order valence-electron chi connectivity index (χ4n) is 1.23. The van der Waals surface area contributed by atoms with Gasteiger partial charge in [-0.2, -0.15) is 5.26 Å². The molecule has 0 bridgehead atoms. The van der Waals surface area contributed by atoms with Crippen LogP contribution in [0.5, 0.6) is 0 Å².